The summed E-state index contributed by atoms with van der Waals surface area (Å²) in [6.45, 7) is 1.59. The van der Waals surface area contributed by atoms with Gasteiger partial charge in [0.25, 0.3) is 11.8 Å². The Morgan fingerprint density at radius 3 is 2.20 bits per heavy atom. The second-order valence-electron chi connectivity index (χ2n) is 10.2. The Balaban J connectivity index is 1.30. The number of amides is 3. The lowest BCUT2D eigenvalue weighted by molar-refractivity contribution is -0.158. The van der Waals surface area contributed by atoms with Gasteiger partial charge in [0, 0.05) is 11.7 Å². The highest BCUT2D eigenvalue weighted by atomic mass is 32.2. The maximum Gasteiger partial charge on any atom is 0.417 e. The topological polar surface area (TPSA) is 130 Å². The second kappa shape index (κ2) is 10.5. The molecule has 2 aliphatic heterocycles. The predicted molar refractivity (Wildman–Crippen MR) is 153 cm³/mol. The van der Waals surface area contributed by atoms with Crippen LogP contribution in [-0.4, -0.2) is 62.6 Å². The molecule has 3 amide bonds. The van der Waals surface area contributed by atoms with Gasteiger partial charge in [-0.05, 0) is 40.3 Å². The molecule has 2 heterocycles. The summed E-state index contributed by atoms with van der Waals surface area (Å²) in [7, 11) is 0. The minimum Gasteiger partial charge on any atom is -0.477 e. The number of nitrogens with two attached hydrogens (primary N) is 1. The summed E-state index contributed by atoms with van der Waals surface area (Å²) in [5, 5.41) is 8.98. The van der Waals surface area contributed by atoms with Crippen molar-refractivity contribution in [2.24, 2.45) is 5.73 Å². The van der Waals surface area contributed by atoms with Crippen LogP contribution < -0.4 is 5.73 Å². The van der Waals surface area contributed by atoms with E-state index >= 15 is 0 Å². The molecule has 1 aliphatic carbocycles. The lowest BCUT2D eigenvalue weighted by Crippen LogP contribution is -2.72. The van der Waals surface area contributed by atoms with E-state index in [9.17, 15) is 24.3 Å². The van der Waals surface area contributed by atoms with Gasteiger partial charge in [0.05, 0.1) is 0 Å². The summed E-state index contributed by atoms with van der Waals surface area (Å²) in [5.74, 6) is -2.62. The van der Waals surface area contributed by atoms with Gasteiger partial charge in [0.2, 0.25) is 0 Å². The fourth-order valence-electron chi connectivity index (χ4n) is 5.82. The average molecular weight is 570 g/mol. The molecular weight excluding hydrogens is 542 g/mol. The monoisotopic (exact) mass is 569 g/mol. The molecule has 1 saturated heterocycles. The van der Waals surface area contributed by atoms with E-state index in [-0.39, 0.29) is 18.2 Å². The molecule has 0 spiro atoms. The van der Waals surface area contributed by atoms with Crippen molar-refractivity contribution >= 4 is 35.6 Å². The van der Waals surface area contributed by atoms with Crippen molar-refractivity contribution in [1.29, 1.82) is 0 Å². The van der Waals surface area contributed by atoms with Gasteiger partial charge in [0.15, 0.2) is 6.04 Å². The molecule has 0 saturated carbocycles. The van der Waals surface area contributed by atoms with Gasteiger partial charge in [-0.25, -0.2) is 14.5 Å². The molecule has 10 heteroatoms. The number of thioether (sulfide) groups is 1. The number of β-lactam (4-membered cyclic amide) rings is 1. The SMILES string of the molecule is CC1=C(C(=O)O)N2C(=O)[C@@H](N(C(=O)OCC3c4ccccc4-c4ccccc43)C(=O)[C@H](N)c3ccccc3)[C@H]2SC1. The summed E-state index contributed by atoms with van der Waals surface area (Å²) in [5.41, 5.74) is 11.3. The molecule has 9 nitrogen and oxygen atoms in total. The Bertz CT molecular complexity index is 1560. The van der Waals surface area contributed by atoms with E-state index < -0.39 is 41.3 Å². The summed E-state index contributed by atoms with van der Waals surface area (Å²) in [6.07, 6.45) is -0.995. The first-order valence-electron chi connectivity index (χ1n) is 13.2. The van der Waals surface area contributed by atoms with Crippen molar-refractivity contribution in [2.75, 3.05) is 12.4 Å². The van der Waals surface area contributed by atoms with E-state index in [1.54, 1.807) is 37.3 Å². The fourth-order valence-corrected chi connectivity index (χ4v) is 7.15. The van der Waals surface area contributed by atoms with Crippen LogP contribution in [0.1, 0.15) is 35.6 Å². The maximum absolute atomic E-state index is 13.8. The molecule has 0 radical (unpaired) electrons. The number of fused-ring (bicyclic) bond motifs is 4. The first kappa shape index (κ1) is 26.8. The zero-order valence-electron chi connectivity index (χ0n) is 22.1. The standard InChI is InChI=1S/C31H27N3O6S/c1-17-16-41-29-26(28(36)33(29)25(17)30(37)38)34(27(35)24(32)18-9-3-2-4-10-18)31(39)40-15-23-21-13-7-5-11-19(21)20-12-6-8-14-22(20)23/h2-14,23-24,26,29H,15-16,32H2,1H3,(H,37,38)/t24-,26-,29-/m1/s1. The number of rotatable bonds is 6. The molecule has 0 aromatic heterocycles. The average Bonchev–Trinajstić information content (AvgIpc) is 3.31. The first-order chi connectivity index (χ1) is 19.8. The van der Waals surface area contributed by atoms with Crippen molar-refractivity contribution in [3.05, 3.63) is 107 Å². The third kappa shape index (κ3) is 4.39. The molecule has 3 N–H and O–H groups in total. The molecule has 0 unspecified atom stereocenters. The van der Waals surface area contributed by atoms with Gasteiger partial charge >= 0.3 is 12.1 Å². The van der Waals surface area contributed by atoms with E-state index in [0.717, 1.165) is 32.1 Å². The summed E-state index contributed by atoms with van der Waals surface area (Å²) >= 11 is 1.29. The zero-order chi connectivity index (χ0) is 28.8. The maximum atomic E-state index is 13.8. The normalized spacial score (nSPS) is 20.0. The third-order valence-corrected chi connectivity index (χ3v) is 9.22. The van der Waals surface area contributed by atoms with E-state index in [0.29, 0.717) is 16.9 Å². The Kier molecular flexibility index (Phi) is 6.88. The Labute approximate surface area is 240 Å². The van der Waals surface area contributed by atoms with Crippen LogP contribution in [0.25, 0.3) is 11.1 Å². The number of aliphatic carboxylic acids is 1. The number of ether oxygens (including phenoxy) is 1. The van der Waals surface area contributed by atoms with Gasteiger partial charge in [-0.3, -0.25) is 14.5 Å². The first-order valence-corrected chi connectivity index (χ1v) is 14.2. The van der Waals surface area contributed by atoms with E-state index in [1.165, 1.54) is 11.8 Å². The predicted octanol–water partition coefficient (Wildman–Crippen LogP) is 4.11. The molecular formula is C31H27N3O6S. The fraction of sp³-hybridized carbons (Fsp3) is 0.226. The summed E-state index contributed by atoms with van der Waals surface area (Å²) in [6, 6.07) is 21.8. The third-order valence-electron chi connectivity index (χ3n) is 7.81. The number of benzene rings is 3. The number of carboxylic acid groups (broad SMARTS) is 1. The van der Waals surface area contributed by atoms with Crippen LogP contribution in [0.5, 0.6) is 0 Å². The highest BCUT2D eigenvalue weighted by Gasteiger charge is 2.59. The van der Waals surface area contributed by atoms with Gasteiger partial charge < -0.3 is 15.6 Å². The summed E-state index contributed by atoms with van der Waals surface area (Å²) < 4.78 is 5.79. The van der Waals surface area contributed by atoms with E-state index in [4.69, 9.17) is 10.5 Å². The molecule has 3 atom stereocenters. The van der Waals surface area contributed by atoms with Crippen LogP contribution >= 0.6 is 11.8 Å². The zero-order valence-corrected chi connectivity index (χ0v) is 22.9. The van der Waals surface area contributed by atoms with Crippen molar-refractivity contribution in [3.8, 4) is 11.1 Å². The molecule has 3 aromatic rings. The Morgan fingerprint density at radius 2 is 1.59 bits per heavy atom. The molecule has 3 aliphatic rings. The van der Waals surface area contributed by atoms with Crippen LogP contribution in [0.15, 0.2) is 90.1 Å². The van der Waals surface area contributed by atoms with E-state index in [1.807, 2.05) is 48.5 Å². The Hall–Kier alpha value is -4.41. The highest BCUT2D eigenvalue weighted by molar-refractivity contribution is 8.00. The molecule has 6 rings (SSSR count). The Morgan fingerprint density at radius 1 is 1.00 bits per heavy atom. The number of carboxylic acids is 1. The minimum absolute atomic E-state index is 0.0565. The number of carbonyl (C=O) groups is 4. The quantitative estimate of drug-likeness (QED) is 0.425. The van der Waals surface area contributed by atoms with Gasteiger partial charge in [0.1, 0.15) is 23.7 Å². The number of hydrogen-bond acceptors (Lipinski definition) is 7. The van der Waals surface area contributed by atoms with E-state index in [2.05, 4.69) is 0 Å². The van der Waals surface area contributed by atoms with Crippen LogP contribution in [0.4, 0.5) is 4.79 Å². The highest BCUT2D eigenvalue weighted by Crippen LogP contribution is 2.45. The van der Waals surface area contributed by atoms with Gasteiger partial charge in [-0.2, -0.15) is 0 Å². The number of imide groups is 1. The van der Waals surface area contributed by atoms with Crippen molar-refractivity contribution in [2.45, 2.75) is 30.3 Å². The van der Waals surface area contributed by atoms with Crippen molar-refractivity contribution in [1.82, 2.24) is 9.80 Å². The molecule has 1 fully saturated rings. The van der Waals surface area contributed by atoms with Crippen molar-refractivity contribution < 1.29 is 29.0 Å². The second-order valence-corrected chi connectivity index (χ2v) is 11.3. The summed E-state index contributed by atoms with van der Waals surface area (Å²) in [4.78, 5) is 54.9. The number of nitrogens with zero attached hydrogens (tertiary/aromatic N) is 2. The number of carbonyl (C=O) groups excluding carboxylic acids is 3. The van der Waals surface area contributed by atoms with Crippen LogP contribution in [0.3, 0.4) is 0 Å². The van der Waals surface area contributed by atoms with Crippen LogP contribution in [-0.2, 0) is 19.1 Å². The molecule has 208 valence electrons. The van der Waals surface area contributed by atoms with Crippen molar-refractivity contribution in [3.63, 3.8) is 0 Å². The van der Waals surface area contributed by atoms with Crippen LogP contribution in [0.2, 0.25) is 0 Å². The van der Waals surface area contributed by atoms with Gasteiger partial charge in [-0.15, -0.1) is 11.8 Å². The molecule has 3 aromatic carbocycles. The smallest absolute Gasteiger partial charge is 0.417 e. The number of hydrogen-bond donors (Lipinski definition) is 2. The molecule has 0 bridgehead atoms. The lowest BCUT2D eigenvalue weighted by atomic mass is 9.98. The van der Waals surface area contributed by atoms with Gasteiger partial charge in [-0.1, -0.05) is 78.9 Å². The minimum atomic E-state index is -1.25. The largest absolute Gasteiger partial charge is 0.477 e. The lowest BCUT2D eigenvalue weighted by Gasteiger charge is -2.51. The van der Waals surface area contributed by atoms with Crippen LogP contribution in [0, 0.1) is 0 Å². The molecule has 41 heavy (non-hydrogen) atoms.